The first-order chi connectivity index (χ1) is 8.83. The largest absolute Gasteiger partial charge is 2.00 e. The normalized spacial score (nSPS) is 9.47. The molecule has 0 fully saturated rings. The van der Waals surface area contributed by atoms with Crippen LogP contribution in [0.2, 0.25) is 0 Å². The van der Waals surface area contributed by atoms with Crippen LogP contribution in [-0.4, -0.2) is 23.1 Å². The first-order valence-corrected chi connectivity index (χ1v) is 8.39. The number of hydrogen-bond acceptors (Lipinski definition) is 0. The van der Waals surface area contributed by atoms with E-state index in [4.69, 9.17) is 0 Å². The summed E-state index contributed by atoms with van der Waals surface area (Å²) in [5.41, 5.74) is 0. The molecule has 0 aliphatic carbocycles. The predicted octanol–water partition coefficient (Wildman–Crippen LogP) is 6.76. The monoisotopic (exact) mass is 278 g/mol. The van der Waals surface area contributed by atoms with E-state index in [2.05, 4.69) is 40.5 Å². The van der Waals surface area contributed by atoms with Crippen LogP contribution in [0.5, 0.6) is 0 Å². The molecule has 0 saturated heterocycles. The van der Waals surface area contributed by atoms with Gasteiger partial charge in [0, 0.05) is 0 Å². The summed E-state index contributed by atoms with van der Waals surface area (Å²) in [6, 6.07) is 0. The van der Waals surface area contributed by atoms with E-state index in [1.807, 2.05) is 0 Å². The van der Waals surface area contributed by atoms with Crippen molar-refractivity contribution in [1.82, 2.24) is 0 Å². The molecule has 0 aromatic heterocycles. The van der Waals surface area contributed by atoms with Gasteiger partial charge in [0.2, 0.25) is 0 Å². The average Bonchev–Trinajstić information content (AvgIpc) is 2.39. The fraction of sp³-hybridized carbons (Fsp3) is 0.889. The van der Waals surface area contributed by atoms with Gasteiger partial charge in [-0.2, -0.15) is 26.7 Å². The van der Waals surface area contributed by atoms with Crippen LogP contribution in [0, 0.1) is 12.8 Å². The van der Waals surface area contributed by atoms with E-state index in [0.29, 0.717) is 0 Å². The Kier molecular flexibility index (Phi) is 35.4. The molecule has 0 aromatic rings. The van der Waals surface area contributed by atoms with Crippen LogP contribution in [-0.2, 0) is 0 Å². The van der Waals surface area contributed by atoms with Crippen LogP contribution in [0.3, 0.4) is 0 Å². The van der Waals surface area contributed by atoms with E-state index < -0.39 is 0 Å². The van der Waals surface area contributed by atoms with Crippen molar-refractivity contribution in [2.24, 2.45) is 0 Å². The molecule has 0 saturated carbocycles. The van der Waals surface area contributed by atoms with E-state index in [9.17, 15) is 0 Å². The van der Waals surface area contributed by atoms with Crippen LogP contribution in [0.4, 0.5) is 0 Å². The Morgan fingerprint density at radius 2 is 0.842 bits per heavy atom. The average molecular weight is 279 g/mol. The Hall–Kier alpha value is 0.766. The molecule has 0 aliphatic rings. The van der Waals surface area contributed by atoms with Gasteiger partial charge in [-0.1, -0.05) is 78.1 Å². The van der Waals surface area contributed by atoms with E-state index in [0.717, 1.165) is 0 Å². The third-order valence-corrected chi connectivity index (χ3v) is 3.19. The van der Waals surface area contributed by atoms with Crippen molar-refractivity contribution in [1.29, 1.82) is 0 Å². The molecule has 112 valence electrons. The molecule has 1 heteroatoms. The van der Waals surface area contributed by atoms with Crippen molar-refractivity contribution >= 4 is 23.1 Å². The van der Waals surface area contributed by atoms with Gasteiger partial charge in [-0.25, -0.2) is 0 Å². The predicted molar refractivity (Wildman–Crippen MR) is 92.5 cm³/mol. The van der Waals surface area contributed by atoms with Crippen molar-refractivity contribution < 1.29 is 0 Å². The van der Waals surface area contributed by atoms with Gasteiger partial charge in [-0.3, -0.25) is 0 Å². The Labute approximate surface area is 140 Å². The van der Waals surface area contributed by atoms with Gasteiger partial charge in [-0.15, -0.1) is 0 Å². The molecule has 0 aliphatic heterocycles. The van der Waals surface area contributed by atoms with Gasteiger partial charge in [0.25, 0.3) is 0 Å². The standard InChI is InChI=1S/2C9H19.Mg/c2*1-3-5-7-9-8-6-4-2;/h2*3H,4-9H2,1-2H3;/q2*-1;+2. The zero-order valence-corrected chi connectivity index (χ0v) is 15.8. The second-order valence-corrected chi connectivity index (χ2v) is 5.22. The maximum atomic E-state index is 2.26. The van der Waals surface area contributed by atoms with Gasteiger partial charge < -0.3 is 12.8 Å². The second kappa shape index (κ2) is 27.2. The number of hydrogen-bond donors (Lipinski definition) is 0. The topological polar surface area (TPSA) is 0 Å². The van der Waals surface area contributed by atoms with Gasteiger partial charge in [0.1, 0.15) is 0 Å². The summed E-state index contributed by atoms with van der Waals surface area (Å²) in [7, 11) is 0. The summed E-state index contributed by atoms with van der Waals surface area (Å²) < 4.78 is 0. The van der Waals surface area contributed by atoms with Crippen molar-refractivity contribution in [3.05, 3.63) is 12.8 Å². The first kappa shape index (κ1) is 24.8. The third-order valence-electron chi connectivity index (χ3n) is 3.19. The molecule has 0 atom stereocenters. The maximum Gasteiger partial charge on any atom is 2.00 e. The summed E-state index contributed by atoms with van der Waals surface area (Å²) in [6.45, 7) is 8.79. The molecule has 0 radical (unpaired) electrons. The summed E-state index contributed by atoms with van der Waals surface area (Å²) >= 11 is 0. The molecule has 0 heterocycles. The van der Waals surface area contributed by atoms with E-state index in [1.165, 1.54) is 77.0 Å². The fourth-order valence-electron chi connectivity index (χ4n) is 1.90. The fourth-order valence-corrected chi connectivity index (χ4v) is 1.90. The Morgan fingerprint density at radius 3 is 1.11 bits per heavy atom. The van der Waals surface area contributed by atoms with E-state index >= 15 is 0 Å². The van der Waals surface area contributed by atoms with Crippen LogP contribution >= 0.6 is 0 Å². The molecule has 0 spiro atoms. The van der Waals surface area contributed by atoms with Crippen LogP contribution < -0.4 is 0 Å². The van der Waals surface area contributed by atoms with Crippen molar-refractivity contribution in [2.45, 2.75) is 105 Å². The zero-order valence-electron chi connectivity index (χ0n) is 14.3. The first-order valence-electron chi connectivity index (χ1n) is 8.39. The van der Waals surface area contributed by atoms with Crippen molar-refractivity contribution in [3.8, 4) is 0 Å². The van der Waals surface area contributed by atoms with Crippen molar-refractivity contribution in [2.75, 3.05) is 0 Å². The number of unbranched alkanes of at least 4 members (excludes halogenated alkanes) is 12. The molecule has 0 amide bonds. The Bertz CT molecular complexity index is 86.3. The molecular formula is C18H38Mg. The molecule has 0 nitrogen and oxygen atoms in total. The minimum Gasteiger partial charge on any atom is -0.332 e. The quantitative estimate of drug-likeness (QED) is 0.210. The summed E-state index contributed by atoms with van der Waals surface area (Å²) in [5, 5.41) is 0. The Balaban J connectivity index is -0.000000256. The minimum absolute atomic E-state index is 0. The van der Waals surface area contributed by atoms with Crippen molar-refractivity contribution in [3.63, 3.8) is 0 Å². The molecule has 19 heavy (non-hydrogen) atoms. The molecule has 0 N–H and O–H groups in total. The minimum atomic E-state index is 0. The van der Waals surface area contributed by atoms with Gasteiger partial charge in [0.15, 0.2) is 0 Å². The molecular weight excluding hydrogens is 241 g/mol. The smallest absolute Gasteiger partial charge is 0.332 e. The van der Waals surface area contributed by atoms with Crippen LogP contribution in [0.15, 0.2) is 0 Å². The van der Waals surface area contributed by atoms with Gasteiger partial charge >= 0.3 is 23.1 Å². The molecule has 0 bridgehead atoms. The Morgan fingerprint density at radius 1 is 0.526 bits per heavy atom. The van der Waals surface area contributed by atoms with Crippen LogP contribution in [0.25, 0.3) is 0 Å². The third kappa shape index (κ3) is 32.4. The summed E-state index contributed by atoms with van der Waals surface area (Å²) in [4.78, 5) is 0. The zero-order chi connectivity index (χ0) is 13.9. The number of rotatable bonds is 12. The van der Waals surface area contributed by atoms with Crippen LogP contribution in [0.1, 0.15) is 105 Å². The van der Waals surface area contributed by atoms with Gasteiger partial charge in [0.05, 0.1) is 0 Å². The SMILES string of the molecule is C[CH-]CCCCCCC.C[CH-]CCCCCCC.[Mg+2]. The van der Waals surface area contributed by atoms with E-state index in [1.54, 1.807) is 0 Å². The molecule has 0 aromatic carbocycles. The molecule has 0 rings (SSSR count). The summed E-state index contributed by atoms with van der Waals surface area (Å²) in [6.07, 6.45) is 21.2. The second-order valence-electron chi connectivity index (χ2n) is 5.22. The van der Waals surface area contributed by atoms with Gasteiger partial charge in [-0.05, 0) is 0 Å². The summed E-state index contributed by atoms with van der Waals surface area (Å²) in [5.74, 6) is 0. The maximum absolute atomic E-state index is 2.26. The molecule has 0 unspecified atom stereocenters. The van der Waals surface area contributed by atoms with E-state index in [-0.39, 0.29) is 23.1 Å².